The molecule has 2 fully saturated rings. The van der Waals surface area contributed by atoms with Crippen LogP contribution in [0.1, 0.15) is 35.3 Å². The van der Waals surface area contributed by atoms with Crippen molar-refractivity contribution in [2.75, 3.05) is 26.2 Å². The number of hydrogen-bond donors (Lipinski definition) is 1. The highest BCUT2D eigenvalue weighted by Gasteiger charge is 2.25. The van der Waals surface area contributed by atoms with Gasteiger partial charge in [-0.05, 0) is 55.7 Å². The van der Waals surface area contributed by atoms with Crippen LogP contribution in [0.15, 0.2) is 48.7 Å². The number of piperidine rings is 1. The first-order valence-electron chi connectivity index (χ1n) is 10.1. The Bertz CT molecular complexity index is 773. The van der Waals surface area contributed by atoms with E-state index in [1.54, 1.807) is 0 Å². The van der Waals surface area contributed by atoms with Gasteiger partial charge in [0.05, 0.1) is 5.69 Å². The molecule has 4 rings (SSSR count). The summed E-state index contributed by atoms with van der Waals surface area (Å²) in [5.41, 5.74) is 7.71. The Morgan fingerprint density at radius 3 is 2.50 bits per heavy atom. The average molecular weight is 380 g/mol. The van der Waals surface area contributed by atoms with Crippen LogP contribution in [0.3, 0.4) is 0 Å². The molecule has 1 atom stereocenters. The van der Waals surface area contributed by atoms with Crippen LogP contribution in [0.5, 0.6) is 5.75 Å². The average Bonchev–Trinajstić information content (AvgIpc) is 3.17. The van der Waals surface area contributed by atoms with Crippen molar-refractivity contribution in [1.82, 2.24) is 14.8 Å². The maximum atomic E-state index is 12.5. The predicted octanol–water partition coefficient (Wildman–Crippen LogP) is 2.30. The molecule has 1 aromatic carbocycles. The predicted molar refractivity (Wildman–Crippen MR) is 108 cm³/mol. The summed E-state index contributed by atoms with van der Waals surface area (Å²) in [4.78, 5) is 21.2. The normalized spacial score (nSPS) is 21.0. The largest absolute Gasteiger partial charge is 0.490 e. The first kappa shape index (κ1) is 18.9. The van der Waals surface area contributed by atoms with Gasteiger partial charge in [-0.15, -0.1) is 0 Å². The quantitative estimate of drug-likeness (QED) is 0.862. The molecule has 6 nitrogen and oxygen atoms in total. The van der Waals surface area contributed by atoms with Crippen LogP contribution in [0.2, 0.25) is 0 Å². The van der Waals surface area contributed by atoms with Gasteiger partial charge in [0, 0.05) is 50.5 Å². The number of carbonyl (C=O) groups is 1. The second kappa shape index (κ2) is 8.71. The molecular weight excluding hydrogens is 352 g/mol. The molecule has 2 N–H and O–H groups in total. The lowest BCUT2D eigenvalue weighted by Crippen LogP contribution is -2.38. The van der Waals surface area contributed by atoms with Crippen molar-refractivity contribution in [2.24, 2.45) is 5.73 Å². The van der Waals surface area contributed by atoms with Crippen LogP contribution in [-0.4, -0.2) is 59.0 Å². The van der Waals surface area contributed by atoms with E-state index >= 15 is 0 Å². The van der Waals surface area contributed by atoms with E-state index in [9.17, 15) is 4.79 Å². The topological polar surface area (TPSA) is 71.7 Å². The minimum absolute atomic E-state index is 0.0577. The number of hydrogen-bond acceptors (Lipinski definition) is 5. The van der Waals surface area contributed by atoms with E-state index < -0.39 is 0 Å². The maximum absolute atomic E-state index is 12.5. The molecule has 3 heterocycles. The molecule has 2 saturated heterocycles. The van der Waals surface area contributed by atoms with E-state index in [1.165, 1.54) is 0 Å². The molecule has 1 unspecified atom stereocenters. The Balaban J connectivity index is 1.25. The minimum Gasteiger partial charge on any atom is -0.490 e. The molecular formula is C22H28N4O2. The van der Waals surface area contributed by atoms with E-state index in [0.29, 0.717) is 12.1 Å². The van der Waals surface area contributed by atoms with Crippen molar-refractivity contribution in [1.29, 1.82) is 0 Å². The molecule has 1 aromatic heterocycles. The monoisotopic (exact) mass is 380 g/mol. The molecule has 6 heteroatoms. The summed E-state index contributed by atoms with van der Waals surface area (Å²) in [6.45, 7) is 4.30. The van der Waals surface area contributed by atoms with Gasteiger partial charge in [-0.1, -0.05) is 6.07 Å². The number of carbonyl (C=O) groups excluding carboxylic acids is 1. The fourth-order valence-electron chi connectivity index (χ4n) is 3.93. The standard InChI is InChI=1S/C22H28N4O2/c23-18-8-14-26(15-18)22(27)17-4-6-20(7-5-17)28-21-9-12-25(13-10-21)16-19-3-1-2-11-24-19/h1-7,11,18,21H,8-10,12-16,23H2. The molecule has 0 saturated carbocycles. The molecule has 2 aromatic rings. The number of nitrogens with two attached hydrogens (primary N) is 1. The molecule has 1 amide bonds. The third kappa shape index (κ3) is 4.69. The highest BCUT2D eigenvalue weighted by Crippen LogP contribution is 2.21. The molecule has 2 aliphatic heterocycles. The number of aromatic nitrogens is 1. The third-order valence-electron chi connectivity index (χ3n) is 5.56. The van der Waals surface area contributed by atoms with E-state index in [2.05, 4.69) is 16.0 Å². The van der Waals surface area contributed by atoms with Gasteiger partial charge >= 0.3 is 0 Å². The van der Waals surface area contributed by atoms with Crippen molar-refractivity contribution in [3.8, 4) is 5.75 Å². The first-order valence-corrected chi connectivity index (χ1v) is 10.1. The molecule has 2 aliphatic rings. The van der Waals surface area contributed by atoms with Crippen LogP contribution in [-0.2, 0) is 6.54 Å². The second-order valence-electron chi connectivity index (χ2n) is 7.74. The Hall–Kier alpha value is -2.44. The van der Waals surface area contributed by atoms with Gasteiger partial charge in [0.15, 0.2) is 0 Å². The number of rotatable bonds is 5. The molecule has 0 aliphatic carbocycles. The fraction of sp³-hybridized carbons (Fsp3) is 0.455. The van der Waals surface area contributed by atoms with Crippen LogP contribution >= 0.6 is 0 Å². The number of pyridine rings is 1. The van der Waals surface area contributed by atoms with Crippen molar-refractivity contribution >= 4 is 5.91 Å². The SMILES string of the molecule is NC1CCN(C(=O)c2ccc(OC3CCN(Cc4ccccn4)CC3)cc2)C1. The smallest absolute Gasteiger partial charge is 0.253 e. The van der Waals surface area contributed by atoms with Crippen molar-refractivity contribution < 1.29 is 9.53 Å². The van der Waals surface area contributed by atoms with Crippen LogP contribution in [0, 0.1) is 0 Å². The number of ether oxygens (including phenoxy) is 1. The van der Waals surface area contributed by atoms with Gasteiger partial charge in [0.1, 0.15) is 11.9 Å². The van der Waals surface area contributed by atoms with Gasteiger partial charge in [-0.2, -0.15) is 0 Å². The maximum Gasteiger partial charge on any atom is 0.253 e. The highest BCUT2D eigenvalue weighted by atomic mass is 16.5. The minimum atomic E-state index is 0.0577. The lowest BCUT2D eigenvalue weighted by Gasteiger charge is -2.31. The van der Waals surface area contributed by atoms with Gasteiger partial charge in [0.2, 0.25) is 0 Å². The zero-order chi connectivity index (χ0) is 19.3. The fourth-order valence-corrected chi connectivity index (χ4v) is 3.93. The first-order chi connectivity index (χ1) is 13.7. The zero-order valence-electron chi connectivity index (χ0n) is 16.2. The summed E-state index contributed by atoms with van der Waals surface area (Å²) in [7, 11) is 0. The van der Waals surface area contributed by atoms with Crippen molar-refractivity contribution in [2.45, 2.75) is 38.0 Å². The number of nitrogens with zero attached hydrogens (tertiary/aromatic N) is 3. The molecule has 0 bridgehead atoms. The Labute approximate surface area is 166 Å². The molecule has 0 radical (unpaired) electrons. The van der Waals surface area contributed by atoms with E-state index in [-0.39, 0.29) is 18.1 Å². The molecule has 28 heavy (non-hydrogen) atoms. The summed E-state index contributed by atoms with van der Waals surface area (Å²) in [5, 5.41) is 0. The van der Waals surface area contributed by atoms with Crippen LogP contribution in [0.4, 0.5) is 0 Å². The number of likely N-dealkylation sites (tertiary alicyclic amines) is 2. The number of benzene rings is 1. The Morgan fingerprint density at radius 1 is 1.07 bits per heavy atom. The van der Waals surface area contributed by atoms with Crippen molar-refractivity contribution in [3.05, 3.63) is 59.9 Å². The summed E-state index contributed by atoms with van der Waals surface area (Å²) in [6, 6.07) is 13.7. The van der Waals surface area contributed by atoms with Gasteiger partial charge in [-0.3, -0.25) is 14.7 Å². The van der Waals surface area contributed by atoms with E-state index in [1.807, 2.05) is 47.5 Å². The lowest BCUT2D eigenvalue weighted by molar-refractivity contribution is 0.0790. The zero-order valence-corrected chi connectivity index (χ0v) is 16.2. The Kier molecular flexibility index (Phi) is 5.88. The van der Waals surface area contributed by atoms with E-state index in [0.717, 1.165) is 56.9 Å². The van der Waals surface area contributed by atoms with Gasteiger partial charge < -0.3 is 15.4 Å². The van der Waals surface area contributed by atoms with Crippen LogP contribution < -0.4 is 10.5 Å². The lowest BCUT2D eigenvalue weighted by atomic mass is 10.1. The van der Waals surface area contributed by atoms with Gasteiger partial charge in [-0.25, -0.2) is 0 Å². The Morgan fingerprint density at radius 2 is 1.86 bits per heavy atom. The second-order valence-corrected chi connectivity index (χ2v) is 7.74. The summed E-state index contributed by atoms with van der Waals surface area (Å²) < 4.78 is 6.14. The molecule has 148 valence electrons. The van der Waals surface area contributed by atoms with Crippen molar-refractivity contribution in [3.63, 3.8) is 0 Å². The van der Waals surface area contributed by atoms with Gasteiger partial charge in [0.25, 0.3) is 5.91 Å². The summed E-state index contributed by atoms with van der Waals surface area (Å²) in [5.74, 6) is 0.889. The highest BCUT2D eigenvalue weighted by molar-refractivity contribution is 5.94. The molecule has 0 spiro atoms. The summed E-state index contributed by atoms with van der Waals surface area (Å²) >= 11 is 0. The van der Waals surface area contributed by atoms with E-state index in [4.69, 9.17) is 10.5 Å². The number of amides is 1. The van der Waals surface area contributed by atoms with Crippen LogP contribution in [0.25, 0.3) is 0 Å². The third-order valence-corrected chi connectivity index (χ3v) is 5.56. The summed E-state index contributed by atoms with van der Waals surface area (Å²) in [6.07, 6.45) is 4.94.